The van der Waals surface area contributed by atoms with Crippen LogP contribution in [0.5, 0.6) is 0 Å². The van der Waals surface area contributed by atoms with Gasteiger partial charge in [0.1, 0.15) is 0 Å². The number of aliphatic hydroxyl groups is 2. The molecule has 9 unspecified atom stereocenters. The topological polar surface area (TPSA) is 107 Å². The van der Waals surface area contributed by atoms with Crippen LogP contribution in [0.3, 0.4) is 0 Å². The predicted octanol–water partition coefficient (Wildman–Crippen LogP) is 5.97. The SMILES string of the molecule is COC(C[C@@H](C)[C@H]1C[C@H](O)[C@@]2(C)C3CC[C@H]4C(C)(C)C(OC5CN(C6CCOC6)CCO5)CCC45CC35CCC12C)C(OC(C)=O)C(C)(C)O. The van der Waals surface area contributed by atoms with Crippen molar-refractivity contribution in [1.82, 2.24) is 4.90 Å². The summed E-state index contributed by atoms with van der Waals surface area (Å²) in [6.07, 6.45) is 9.42. The van der Waals surface area contributed by atoms with Gasteiger partial charge < -0.3 is 33.9 Å². The highest BCUT2D eigenvalue weighted by atomic mass is 16.7. The number of hydrogen-bond donors (Lipinski definition) is 2. The van der Waals surface area contributed by atoms with E-state index in [2.05, 4.69) is 39.5 Å². The van der Waals surface area contributed by atoms with Crippen molar-refractivity contribution in [3.8, 4) is 0 Å². The van der Waals surface area contributed by atoms with E-state index < -0.39 is 23.8 Å². The maximum Gasteiger partial charge on any atom is 0.303 e. The van der Waals surface area contributed by atoms with Crippen molar-refractivity contribution in [2.45, 2.75) is 162 Å². The maximum atomic E-state index is 12.2. The molecule has 9 nitrogen and oxygen atoms in total. The molecule has 50 heavy (non-hydrogen) atoms. The molecular weight excluding hydrogens is 634 g/mol. The van der Waals surface area contributed by atoms with Gasteiger partial charge in [0.15, 0.2) is 12.4 Å². The van der Waals surface area contributed by atoms with Gasteiger partial charge >= 0.3 is 5.97 Å². The summed E-state index contributed by atoms with van der Waals surface area (Å²) in [7, 11) is 1.65. The Labute approximate surface area is 301 Å². The second kappa shape index (κ2) is 12.9. The number of morpholine rings is 1. The Morgan fingerprint density at radius 2 is 1.74 bits per heavy atom. The molecule has 2 aliphatic heterocycles. The number of carbonyl (C=O) groups is 1. The molecule has 0 aromatic heterocycles. The summed E-state index contributed by atoms with van der Waals surface area (Å²) < 4.78 is 30.5. The lowest BCUT2D eigenvalue weighted by molar-refractivity contribution is -0.251. The van der Waals surface area contributed by atoms with Gasteiger partial charge in [-0.1, -0.05) is 34.6 Å². The van der Waals surface area contributed by atoms with E-state index in [0.717, 1.165) is 58.6 Å². The van der Waals surface area contributed by atoms with E-state index >= 15 is 0 Å². The monoisotopic (exact) mass is 704 g/mol. The van der Waals surface area contributed by atoms with Gasteiger partial charge in [0, 0.05) is 45.2 Å². The number of hydrogen-bond acceptors (Lipinski definition) is 9. The summed E-state index contributed by atoms with van der Waals surface area (Å²) in [6.45, 7) is 21.2. The van der Waals surface area contributed by atoms with Crippen molar-refractivity contribution >= 4 is 5.97 Å². The highest BCUT2D eigenvalue weighted by Crippen LogP contribution is 2.89. The van der Waals surface area contributed by atoms with Crippen LogP contribution in [0.25, 0.3) is 0 Å². The van der Waals surface area contributed by atoms with Gasteiger partial charge in [-0.05, 0) is 123 Å². The molecule has 2 N–H and O–H groups in total. The Kier molecular flexibility index (Phi) is 9.68. The molecule has 0 bridgehead atoms. The second-order valence-electron chi connectivity index (χ2n) is 19.7. The van der Waals surface area contributed by atoms with E-state index in [9.17, 15) is 15.0 Å². The molecule has 7 rings (SSSR count). The second-order valence-corrected chi connectivity index (χ2v) is 19.7. The minimum Gasteiger partial charge on any atom is -0.457 e. The lowest BCUT2D eigenvalue weighted by atomic mass is 9.41. The summed E-state index contributed by atoms with van der Waals surface area (Å²) in [5.41, 5.74) is -0.681. The maximum absolute atomic E-state index is 12.2. The molecule has 286 valence electrons. The van der Waals surface area contributed by atoms with Crippen molar-refractivity contribution in [3.63, 3.8) is 0 Å². The third kappa shape index (κ3) is 5.59. The lowest BCUT2D eigenvalue weighted by Crippen LogP contribution is -2.60. The number of rotatable bonds is 10. The minimum absolute atomic E-state index is 0.00724. The lowest BCUT2D eigenvalue weighted by Gasteiger charge is -2.64. The summed E-state index contributed by atoms with van der Waals surface area (Å²) in [5, 5.41) is 23.2. The van der Waals surface area contributed by atoms with Gasteiger partial charge in [0.2, 0.25) is 0 Å². The van der Waals surface area contributed by atoms with Crippen molar-refractivity contribution < 1.29 is 38.7 Å². The first kappa shape index (κ1) is 37.5. The van der Waals surface area contributed by atoms with Crippen LogP contribution in [0.2, 0.25) is 0 Å². The van der Waals surface area contributed by atoms with Crippen LogP contribution < -0.4 is 0 Å². The number of methoxy groups -OCH3 is 1. The van der Waals surface area contributed by atoms with Crippen LogP contribution in [0.1, 0.15) is 120 Å². The molecular formula is C41H69NO8. The Balaban J connectivity index is 1.06. The van der Waals surface area contributed by atoms with E-state index in [4.69, 9.17) is 23.7 Å². The Hall–Kier alpha value is -0.810. The van der Waals surface area contributed by atoms with Gasteiger partial charge in [0.05, 0.1) is 37.1 Å². The standard InChI is InChI=1S/C41H69NO8/c1-25(20-29(46-9)35(37(5,6)45)49-26(2)43)28-21-32(44)39(8)31-11-10-30-36(3,4)33(12-14-40(30)24-41(31,40)16-15-38(28,39)7)50-34-22-42(17-19-48-34)27-13-18-47-23-27/h25,27-35,44-45H,10-24H2,1-9H3/t25-,27?,28-,29?,30+,31?,32+,33?,34?,35?,38?,39-,40?,41?/m1/s1. The van der Waals surface area contributed by atoms with E-state index in [0.29, 0.717) is 41.0 Å². The van der Waals surface area contributed by atoms with E-state index in [1.807, 2.05) is 0 Å². The minimum atomic E-state index is -1.23. The molecule has 2 saturated heterocycles. The van der Waals surface area contributed by atoms with E-state index in [1.54, 1.807) is 21.0 Å². The summed E-state index contributed by atoms with van der Waals surface area (Å²) in [5.74, 6) is 1.26. The first-order chi connectivity index (χ1) is 23.4. The van der Waals surface area contributed by atoms with Crippen LogP contribution in [0, 0.1) is 50.7 Å². The van der Waals surface area contributed by atoms with Crippen LogP contribution >= 0.6 is 0 Å². The summed E-state index contributed by atoms with van der Waals surface area (Å²) in [6, 6.07) is 0.493. The highest BCUT2D eigenvalue weighted by Gasteiger charge is 2.83. The quantitative estimate of drug-likeness (QED) is 0.266. The molecule has 0 radical (unpaired) electrons. The molecule has 0 aromatic carbocycles. The molecule has 14 atom stereocenters. The molecule has 0 amide bonds. The molecule has 2 heterocycles. The molecule has 7 aliphatic rings. The summed E-state index contributed by atoms with van der Waals surface area (Å²) >= 11 is 0. The molecule has 0 aromatic rings. The zero-order valence-corrected chi connectivity index (χ0v) is 32.7. The number of fused-ring (bicyclic) bond motifs is 2. The van der Waals surface area contributed by atoms with E-state index in [1.165, 1.54) is 39.0 Å². The van der Waals surface area contributed by atoms with Gasteiger partial charge in [-0.3, -0.25) is 9.69 Å². The van der Waals surface area contributed by atoms with Gasteiger partial charge in [0.25, 0.3) is 0 Å². The van der Waals surface area contributed by atoms with Crippen molar-refractivity contribution in [3.05, 3.63) is 0 Å². The van der Waals surface area contributed by atoms with Crippen molar-refractivity contribution in [2.24, 2.45) is 50.7 Å². The number of ether oxygens (including phenoxy) is 5. The van der Waals surface area contributed by atoms with Crippen LogP contribution in [-0.4, -0.2) is 103 Å². The van der Waals surface area contributed by atoms with E-state index in [-0.39, 0.29) is 40.7 Å². The fraction of sp³-hybridized carbons (Fsp3) is 0.976. The third-order valence-electron chi connectivity index (χ3n) is 16.9. The normalized spacial score (nSPS) is 47.3. The van der Waals surface area contributed by atoms with Crippen LogP contribution in [-0.2, 0) is 28.5 Å². The highest BCUT2D eigenvalue weighted by molar-refractivity contribution is 5.66. The zero-order valence-electron chi connectivity index (χ0n) is 32.7. The van der Waals surface area contributed by atoms with Crippen LogP contribution in [0.4, 0.5) is 0 Å². The average molecular weight is 704 g/mol. The third-order valence-corrected chi connectivity index (χ3v) is 16.9. The molecule has 5 aliphatic carbocycles. The smallest absolute Gasteiger partial charge is 0.303 e. The molecule has 7 fully saturated rings. The number of aliphatic hydroxyl groups excluding tert-OH is 1. The molecule has 9 heteroatoms. The van der Waals surface area contributed by atoms with Crippen molar-refractivity contribution in [1.29, 1.82) is 0 Å². The average Bonchev–Trinajstić information content (AvgIpc) is 3.30. The Morgan fingerprint density at radius 3 is 2.40 bits per heavy atom. The molecule has 5 saturated carbocycles. The largest absolute Gasteiger partial charge is 0.457 e. The van der Waals surface area contributed by atoms with Crippen LogP contribution in [0.15, 0.2) is 0 Å². The fourth-order valence-corrected chi connectivity index (χ4v) is 14.3. The summed E-state index contributed by atoms with van der Waals surface area (Å²) in [4.78, 5) is 14.5. The number of esters is 1. The molecule has 2 spiro atoms. The van der Waals surface area contributed by atoms with Gasteiger partial charge in [-0.15, -0.1) is 0 Å². The Morgan fingerprint density at radius 1 is 1.02 bits per heavy atom. The van der Waals surface area contributed by atoms with Crippen molar-refractivity contribution in [2.75, 3.05) is 40.0 Å². The first-order valence-electron chi connectivity index (χ1n) is 20.1. The first-order valence-corrected chi connectivity index (χ1v) is 20.1. The number of nitrogens with zero attached hydrogens (tertiary/aromatic N) is 1. The fourth-order valence-electron chi connectivity index (χ4n) is 14.3. The van der Waals surface area contributed by atoms with Gasteiger partial charge in [-0.25, -0.2) is 0 Å². The zero-order chi connectivity index (χ0) is 36.1. The number of carbonyl (C=O) groups excluding carboxylic acids is 1. The van der Waals surface area contributed by atoms with Gasteiger partial charge in [-0.2, -0.15) is 0 Å². The predicted molar refractivity (Wildman–Crippen MR) is 190 cm³/mol. The Bertz CT molecular complexity index is 1260.